The van der Waals surface area contributed by atoms with E-state index < -0.39 is 5.82 Å². The highest BCUT2D eigenvalue weighted by atomic mass is 35.5. The van der Waals surface area contributed by atoms with Crippen LogP contribution in [0, 0.1) is 11.6 Å². The summed E-state index contributed by atoms with van der Waals surface area (Å²) < 4.78 is 33.6. The summed E-state index contributed by atoms with van der Waals surface area (Å²) in [7, 11) is 0. The van der Waals surface area contributed by atoms with E-state index in [0.717, 1.165) is 0 Å². The van der Waals surface area contributed by atoms with E-state index in [1.54, 1.807) is 18.2 Å². The van der Waals surface area contributed by atoms with Gasteiger partial charge < -0.3 is 9.73 Å². The molecule has 6 heteroatoms. The Morgan fingerprint density at radius 1 is 1.09 bits per heavy atom. The number of rotatable bonds is 2. The number of halogens is 3. The molecule has 1 aliphatic rings. The van der Waals surface area contributed by atoms with Crippen molar-refractivity contribution in [2.45, 2.75) is 0 Å². The minimum absolute atomic E-state index is 0.0174. The zero-order chi connectivity index (χ0) is 16.0. The standard InChI is InChI=1S/C17H11ClF2N2O/c18-11-5-6-12-13(15(11)20)14(17-21-7-8-22-17)16(23-12)9-1-3-10(19)4-2-9/h1-6H,7-8H2,(H,21,22). The second-order valence-electron chi connectivity index (χ2n) is 5.20. The molecule has 0 spiro atoms. The highest BCUT2D eigenvalue weighted by Crippen LogP contribution is 2.37. The van der Waals surface area contributed by atoms with Crippen molar-refractivity contribution >= 4 is 28.4 Å². The van der Waals surface area contributed by atoms with Gasteiger partial charge in [0.25, 0.3) is 0 Å². The lowest BCUT2D eigenvalue weighted by atomic mass is 10.0. The zero-order valence-electron chi connectivity index (χ0n) is 11.9. The number of furan rings is 1. The van der Waals surface area contributed by atoms with Crippen LogP contribution in [0.15, 0.2) is 45.8 Å². The molecule has 0 aliphatic carbocycles. The fourth-order valence-corrected chi connectivity index (χ4v) is 2.88. The average Bonchev–Trinajstić information content (AvgIpc) is 3.19. The lowest BCUT2D eigenvalue weighted by molar-refractivity contribution is 0.619. The Bertz CT molecular complexity index is 932. The van der Waals surface area contributed by atoms with Crippen molar-refractivity contribution in [3.05, 3.63) is 58.6 Å². The molecule has 2 heterocycles. The fraction of sp³-hybridized carbons (Fsp3) is 0.118. The minimum atomic E-state index is -0.548. The number of hydrogen-bond donors (Lipinski definition) is 1. The first kappa shape index (κ1) is 14.2. The van der Waals surface area contributed by atoms with Crippen molar-refractivity contribution in [2.24, 2.45) is 4.99 Å². The maximum absolute atomic E-state index is 14.6. The first-order valence-electron chi connectivity index (χ1n) is 7.10. The van der Waals surface area contributed by atoms with Crippen molar-refractivity contribution in [3.63, 3.8) is 0 Å². The Hall–Kier alpha value is -2.40. The number of amidine groups is 1. The Kier molecular flexibility index (Phi) is 3.31. The lowest BCUT2D eigenvalue weighted by Crippen LogP contribution is -2.20. The number of hydrogen-bond acceptors (Lipinski definition) is 3. The molecule has 1 aromatic heterocycles. The first-order chi connectivity index (χ1) is 11.1. The molecule has 4 rings (SSSR count). The average molecular weight is 333 g/mol. The number of aliphatic imine (C=N–C) groups is 1. The Morgan fingerprint density at radius 2 is 1.87 bits per heavy atom. The summed E-state index contributed by atoms with van der Waals surface area (Å²) in [6.07, 6.45) is 0. The topological polar surface area (TPSA) is 37.5 Å². The molecule has 1 aliphatic heterocycles. The van der Waals surface area contributed by atoms with Crippen LogP contribution in [-0.4, -0.2) is 18.9 Å². The molecule has 0 saturated carbocycles. The van der Waals surface area contributed by atoms with E-state index >= 15 is 0 Å². The van der Waals surface area contributed by atoms with Gasteiger partial charge in [0.15, 0.2) is 5.82 Å². The van der Waals surface area contributed by atoms with Crippen LogP contribution in [-0.2, 0) is 0 Å². The number of nitrogens with zero attached hydrogens (tertiary/aromatic N) is 1. The molecule has 23 heavy (non-hydrogen) atoms. The Balaban J connectivity index is 2.05. The van der Waals surface area contributed by atoms with Gasteiger partial charge in [0, 0.05) is 12.1 Å². The lowest BCUT2D eigenvalue weighted by Gasteiger charge is -2.05. The molecule has 0 fully saturated rings. The molecular formula is C17H11ClF2N2O. The van der Waals surface area contributed by atoms with E-state index in [1.807, 2.05) is 0 Å². The summed E-state index contributed by atoms with van der Waals surface area (Å²) in [6, 6.07) is 8.91. The van der Waals surface area contributed by atoms with Crippen LogP contribution in [0.3, 0.4) is 0 Å². The summed E-state index contributed by atoms with van der Waals surface area (Å²) in [5, 5.41) is 3.43. The van der Waals surface area contributed by atoms with Crippen LogP contribution in [0.2, 0.25) is 5.02 Å². The normalized spacial score (nSPS) is 14.1. The molecule has 3 nitrogen and oxygen atoms in total. The summed E-state index contributed by atoms with van der Waals surface area (Å²) in [5.74, 6) is 0.100. The fourth-order valence-electron chi connectivity index (χ4n) is 2.72. The molecule has 0 radical (unpaired) electrons. The van der Waals surface area contributed by atoms with Crippen LogP contribution >= 0.6 is 11.6 Å². The van der Waals surface area contributed by atoms with Gasteiger partial charge in [-0.25, -0.2) is 8.78 Å². The van der Waals surface area contributed by atoms with Crippen molar-refractivity contribution in [1.82, 2.24) is 5.32 Å². The third-order valence-electron chi connectivity index (χ3n) is 3.76. The van der Waals surface area contributed by atoms with Gasteiger partial charge in [-0.3, -0.25) is 4.99 Å². The van der Waals surface area contributed by atoms with E-state index in [2.05, 4.69) is 10.3 Å². The summed E-state index contributed by atoms with van der Waals surface area (Å²) in [6.45, 7) is 1.28. The first-order valence-corrected chi connectivity index (χ1v) is 7.48. The van der Waals surface area contributed by atoms with Crippen molar-refractivity contribution in [1.29, 1.82) is 0 Å². The molecule has 3 aromatic rings. The quantitative estimate of drug-likeness (QED) is 0.756. The Labute approximate surface area is 135 Å². The molecule has 0 bridgehead atoms. The third-order valence-corrected chi connectivity index (χ3v) is 4.05. The molecule has 0 amide bonds. The number of benzene rings is 2. The van der Waals surface area contributed by atoms with E-state index in [9.17, 15) is 8.78 Å². The van der Waals surface area contributed by atoms with Gasteiger partial charge in [-0.15, -0.1) is 0 Å². The third kappa shape index (κ3) is 2.28. The van der Waals surface area contributed by atoms with Gasteiger partial charge in [0.2, 0.25) is 0 Å². The summed E-state index contributed by atoms with van der Waals surface area (Å²) >= 11 is 5.92. The SMILES string of the molecule is Fc1ccc(-c2oc3ccc(Cl)c(F)c3c2C2=NCCN2)cc1. The van der Waals surface area contributed by atoms with Crippen molar-refractivity contribution < 1.29 is 13.2 Å². The number of nitrogens with one attached hydrogen (secondary N) is 1. The largest absolute Gasteiger partial charge is 0.455 e. The minimum Gasteiger partial charge on any atom is -0.455 e. The van der Waals surface area contributed by atoms with Gasteiger partial charge in [-0.1, -0.05) is 11.6 Å². The predicted molar refractivity (Wildman–Crippen MR) is 86.0 cm³/mol. The monoisotopic (exact) mass is 332 g/mol. The smallest absolute Gasteiger partial charge is 0.153 e. The molecule has 2 aromatic carbocycles. The second kappa shape index (κ2) is 5.35. The van der Waals surface area contributed by atoms with Gasteiger partial charge >= 0.3 is 0 Å². The van der Waals surface area contributed by atoms with Crippen molar-refractivity contribution in [3.8, 4) is 11.3 Å². The van der Waals surface area contributed by atoms with Crippen LogP contribution in [0.1, 0.15) is 5.56 Å². The summed E-state index contributed by atoms with van der Waals surface area (Å²) in [5.41, 5.74) is 1.53. The molecule has 0 atom stereocenters. The van der Waals surface area contributed by atoms with Crippen LogP contribution in [0.4, 0.5) is 8.78 Å². The predicted octanol–water partition coefficient (Wildman–Crippen LogP) is 4.38. The van der Waals surface area contributed by atoms with Crippen LogP contribution in [0.5, 0.6) is 0 Å². The maximum atomic E-state index is 14.6. The van der Waals surface area contributed by atoms with Crippen LogP contribution < -0.4 is 5.32 Å². The van der Waals surface area contributed by atoms with Gasteiger partial charge in [-0.2, -0.15) is 0 Å². The number of fused-ring (bicyclic) bond motifs is 1. The zero-order valence-corrected chi connectivity index (χ0v) is 12.6. The van der Waals surface area contributed by atoms with E-state index in [-0.39, 0.29) is 16.2 Å². The van der Waals surface area contributed by atoms with Crippen molar-refractivity contribution in [2.75, 3.05) is 13.1 Å². The van der Waals surface area contributed by atoms with E-state index in [1.165, 1.54) is 18.2 Å². The molecule has 1 N–H and O–H groups in total. The molecular weight excluding hydrogens is 322 g/mol. The van der Waals surface area contributed by atoms with E-state index in [4.69, 9.17) is 16.0 Å². The highest BCUT2D eigenvalue weighted by Gasteiger charge is 2.25. The highest BCUT2D eigenvalue weighted by molar-refractivity contribution is 6.32. The van der Waals surface area contributed by atoms with Gasteiger partial charge in [0.1, 0.15) is 23.0 Å². The molecule has 0 saturated heterocycles. The summed E-state index contributed by atoms with van der Waals surface area (Å²) in [4.78, 5) is 4.36. The van der Waals surface area contributed by atoms with Gasteiger partial charge in [-0.05, 0) is 36.4 Å². The second-order valence-corrected chi connectivity index (χ2v) is 5.61. The Morgan fingerprint density at radius 3 is 2.57 bits per heavy atom. The van der Waals surface area contributed by atoms with Crippen LogP contribution in [0.25, 0.3) is 22.3 Å². The molecule has 116 valence electrons. The maximum Gasteiger partial charge on any atom is 0.153 e. The molecule has 0 unspecified atom stereocenters. The van der Waals surface area contributed by atoms with Gasteiger partial charge in [0.05, 0.1) is 22.5 Å². The van der Waals surface area contributed by atoms with E-state index in [0.29, 0.717) is 41.4 Å².